The van der Waals surface area contributed by atoms with Crippen LogP contribution in [0.15, 0.2) is 34.9 Å². The van der Waals surface area contributed by atoms with E-state index in [1.54, 1.807) is 43.0 Å². The van der Waals surface area contributed by atoms with Gasteiger partial charge in [0.15, 0.2) is 0 Å². The molecule has 0 bridgehead atoms. The van der Waals surface area contributed by atoms with Crippen LogP contribution in [0.1, 0.15) is 5.56 Å². The Morgan fingerprint density at radius 3 is 1.57 bits per heavy atom. The van der Waals surface area contributed by atoms with Crippen LogP contribution < -0.4 is 0 Å². The zero-order chi connectivity index (χ0) is 16.5. The molecule has 10 heteroatoms. The first-order chi connectivity index (χ1) is 9.79. The summed E-state index contributed by atoms with van der Waals surface area (Å²) < 4.78 is 3.40. The third kappa shape index (κ3) is 15.7. The maximum absolute atomic E-state index is 4.16. The summed E-state index contributed by atoms with van der Waals surface area (Å²) in [6.45, 7) is 6.75. The second-order valence-corrected chi connectivity index (χ2v) is 13.5. The van der Waals surface area contributed by atoms with E-state index in [2.05, 4.69) is 102 Å². The summed E-state index contributed by atoms with van der Waals surface area (Å²) in [5.74, 6) is 3.21. The minimum atomic E-state index is -1.21. The molecule has 0 atom stereocenters. The van der Waals surface area contributed by atoms with Gasteiger partial charge < -0.3 is 0 Å². The Bertz CT molecular complexity index is 588. The Hall–Kier alpha value is 3.01. The van der Waals surface area contributed by atoms with Crippen molar-refractivity contribution in [2.45, 2.75) is 19.6 Å². The Morgan fingerprint density at radius 2 is 1.30 bits per heavy atom. The monoisotopic (exact) mass is 873 g/mol. The standard InChI is InChI=1S/C9H11BrSSi.C4H2Br2S.BrH.Cu.HI.Pd/c1-12(2,3)5-4-8-6-11-7-9(8)10;5-3-1-7-2-4(3)6;;;;/h6-7H,1-3H3;1-2H;1H;;1H;/q;;;+1;;/p-1. The van der Waals surface area contributed by atoms with E-state index >= 15 is 0 Å². The first-order valence-electron chi connectivity index (χ1n) is 5.53. The van der Waals surface area contributed by atoms with Crippen molar-refractivity contribution in [2.75, 3.05) is 0 Å². The largest absolute Gasteiger partial charge is 0 e. The fourth-order valence-electron chi connectivity index (χ4n) is 0.892. The van der Waals surface area contributed by atoms with Crippen molar-refractivity contribution < 1.29 is 33.2 Å². The molecule has 2 rings (SSSR count). The van der Waals surface area contributed by atoms with Crippen LogP contribution in [0.25, 0.3) is 0 Å². The molecule has 0 saturated carbocycles. The Morgan fingerprint density at radius 1 is 0.913 bits per heavy atom. The van der Waals surface area contributed by atoms with Gasteiger partial charge in [-0.15, -0.1) is 33.9 Å². The molecular formula is C13H14Br4CuIPdS2Si. The van der Waals surface area contributed by atoms with Crippen molar-refractivity contribution in [2.24, 2.45) is 0 Å². The van der Waals surface area contributed by atoms with Gasteiger partial charge in [0.2, 0.25) is 0 Å². The average molecular weight is 879 g/mol. The minimum absolute atomic E-state index is 0. The van der Waals surface area contributed by atoms with Gasteiger partial charge in [0.1, 0.15) is 8.07 Å². The zero-order valence-electron chi connectivity index (χ0n) is 12.2. The molecule has 0 fully saturated rings. The van der Waals surface area contributed by atoms with Crippen LogP contribution in [0, 0.1) is 11.5 Å². The SMILES string of the molecule is Br.Brc1cscc1Br.C[Si](C)(C)C#Cc1cscc1Br.[Cu][I].[Pd]. The maximum atomic E-state index is 4.16. The van der Waals surface area contributed by atoms with E-state index in [4.69, 9.17) is 0 Å². The number of rotatable bonds is 0. The molecule has 0 aliphatic rings. The molecule has 2 heterocycles. The normalized spacial score (nSPS) is 8.74. The number of hydrogen-bond donors (Lipinski definition) is 0. The van der Waals surface area contributed by atoms with Crippen molar-refractivity contribution >= 4 is 116 Å². The summed E-state index contributed by atoms with van der Waals surface area (Å²) in [7, 11) is -1.21. The summed E-state index contributed by atoms with van der Waals surface area (Å²) >= 11 is 19.3. The second kappa shape index (κ2) is 17.1. The summed E-state index contributed by atoms with van der Waals surface area (Å²) in [5, 5.41) is 8.21. The van der Waals surface area contributed by atoms with Gasteiger partial charge in [-0.1, -0.05) is 25.6 Å². The molecule has 0 saturated heterocycles. The third-order valence-electron chi connectivity index (χ3n) is 1.76. The Kier molecular flexibility index (Phi) is 22.9. The van der Waals surface area contributed by atoms with E-state index in [0.717, 1.165) is 19.0 Å². The van der Waals surface area contributed by atoms with Gasteiger partial charge in [-0.25, -0.2) is 0 Å². The van der Waals surface area contributed by atoms with Gasteiger partial charge in [0.05, 0.1) is 0 Å². The van der Waals surface area contributed by atoms with E-state index in [1.165, 1.54) is 0 Å². The van der Waals surface area contributed by atoms with Gasteiger partial charge in [-0.3, -0.25) is 0 Å². The summed E-state index contributed by atoms with van der Waals surface area (Å²) in [6, 6.07) is 0. The Balaban J connectivity index is -0.000000315. The molecule has 0 aromatic carbocycles. The van der Waals surface area contributed by atoms with Gasteiger partial charge in [-0.05, 0) is 47.8 Å². The van der Waals surface area contributed by atoms with E-state index in [-0.39, 0.29) is 37.4 Å². The second-order valence-electron chi connectivity index (χ2n) is 4.70. The van der Waals surface area contributed by atoms with Crippen LogP contribution in [0.2, 0.25) is 19.6 Å². The van der Waals surface area contributed by atoms with Crippen molar-refractivity contribution in [1.29, 1.82) is 0 Å². The smallest absolute Gasteiger partial charge is 0 e. The minimum Gasteiger partial charge on any atom is 0 e. The molecule has 0 unspecified atom stereocenters. The summed E-state index contributed by atoms with van der Waals surface area (Å²) in [6.07, 6.45) is 0. The van der Waals surface area contributed by atoms with E-state index in [0.29, 0.717) is 0 Å². The van der Waals surface area contributed by atoms with Gasteiger partial charge in [0, 0.05) is 60.9 Å². The molecule has 0 aliphatic carbocycles. The fourth-order valence-corrected chi connectivity index (χ4v) is 4.47. The predicted molar refractivity (Wildman–Crippen MR) is 126 cm³/mol. The topological polar surface area (TPSA) is 0 Å². The van der Waals surface area contributed by atoms with Gasteiger partial charge in [-0.2, -0.15) is 11.3 Å². The molecule has 0 radical (unpaired) electrons. The first kappa shape index (κ1) is 30.7. The third-order valence-corrected chi connectivity index (χ3v) is 7.53. The molecule has 2 aromatic heterocycles. The van der Waals surface area contributed by atoms with Crippen LogP contribution in [-0.4, -0.2) is 8.07 Å². The quantitative estimate of drug-likeness (QED) is 0.142. The zero-order valence-corrected chi connectivity index (χ0v) is 25.9. The van der Waals surface area contributed by atoms with Crippen molar-refractivity contribution in [3.8, 4) is 11.5 Å². The van der Waals surface area contributed by atoms with Crippen LogP contribution in [0.4, 0.5) is 0 Å². The molecule has 2 aromatic rings. The molecule has 0 N–H and O–H groups in total. The van der Waals surface area contributed by atoms with Crippen molar-refractivity contribution in [1.82, 2.24) is 0 Å². The Labute approximate surface area is 217 Å². The number of halogens is 5. The van der Waals surface area contributed by atoms with Gasteiger partial charge in [0.25, 0.3) is 0 Å². The molecule has 0 aliphatic heterocycles. The summed E-state index contributed by atoms with van der Waals surface area (Å²) in [4.78, 5) is 0. The van der Waals surface area contributed by atoms with Crippen LogP contribution in [0.3, 0.4) is 0 Å². The van der Waals surface area contributed by atoms with E-state index in [1.807, 2.05) is 10.8 Å². The molecular weight excluding hydrogens is 865 g/mol. The number of hydrogen-bond acceptors (Lipinski definition) is 2. The maximum Gasteiger partial charge on any atom is 0 e. The fraction of sp³-hybridized carbons (Fsp3) is 0.231. The van der Waals surface area contributed by atoms with Crippen LogP contribution >= 0.6 is 108 Å². The molecule has 0 nitrogen and oxygen atoms in total. The molecule has 0 spiro atoms. The molecule has 0 amide bonds. The summed E-state index contributed by atoms with van der Waals surface area (Å²) in [5.41, 5.74) is 4.46. The van der Waals surface area contributed by atoms with Crippen molar-refractivity contribution in [3.05, 3.63) is 40.5 Å². The van der Waals surface area contributed by atoms with Gasteiger partial charge >= 0.3 is 33.1 Å². The van der Waals surface area contributed by atoms with Crippen LogP contribution in [0.5, 0.6) is 0 Å². The van der Waals surface area contributed by atoms with E-state index in [9.17, 15) is 0 Å². The first-order valence-corrected chi connectivity index (χ1v) is 16.3. The average Bonchev–Trinajstić information content (AvgIpc) is 2.99. The van der Waals surface area contributed by atoms with E-state index < -0.39 is 8.07 Å². The van der Waals surface area contributed by atoms with Crippen molar-refractivity contribution in [3.63, 3.8) is 0 Å². The molecule has 138 valence electrons. The molecule has 23 heavy (non-hydrogen) atoms. The predicted octanol–water partition coefficient (Wildman–Crippen LogP) is 8.47. The number of thiophene rings is 2. The van der Waals surface area contributed by atoms with Crippen LogP contribution in [-0.2, 0) is 33.2 Å².